The van der Waals surface area contributed by atoms with Crippen molar-refractivity contribution in [1.29, 1.82) is 0 Å². The van der Waals surface area contributed by atoms with E-state index in [-0.39, 0.29) is 35.5 Å². The zero-order valence-electron chi connectivity index (χ0n) is 15.3. The summed E-state index contributed by atoms with van der Waals surface area (Å²) in [4.78, 5) is 37.0. The SMILES string of the molecule is CC=C(C)C(=O)OC1CC(C)=C2C(=O)C=C(C)C2C2OC(=O)C(C)C12. The number of rotatable bonds is 2. The number of esters is 2. The fraction of sp³-hybridized carbons (Fsp3) is 0.550. The predicted molar refractivity (Wildman–Crippen MR) is 91.4 cm³/mol. The Balaban J connectivity index is 2.02. The molecule has 0 aromatic carbocycles. The van der Waals surface area contributed by atoms with Crippen molar-refractivity contribution in [2.75, 3.05) is 0 Å². The van der Waals surface area contributed by atoms with Crippen molar-refractivity contribution in [2.45, 2.75) is 53.2 Å². The van der Waals surface area contributed by atoms with Gasteiger partial charge in [0.15, 0.2) is 5.78 Å². The molecule has 0 aromatic heterocycles. The second-order valence-electron chi connectivity index (χ2n) is 7.31. The Hall–Kier alpha value is -2.17. The van der Waals surface area contributed by atoms with Gasteiger partial charge in [0.05, 0.1) is 5.92 Å². The van der Waals surface area contributed by atoms with E-state index in [9.17, 15) is 14.4 Å². The standard InChI is InChI=1S/C20H24O5/c1-6-9(2)19(22)24-14-8-11(4)15-13(21)7-10(3)16(15)18-17(14)12(5)20(23)25-18/h6-7,12,14,16-18H,8H2,1-5H3. The lowest BCUT2D eigenvalue weighted by Crippen LogP contribution is -2.38. The Morgan fingerprint density at radius 3 is 2.64 bits per heavy atom. The monoisotopic (exact) mass is 344 g/mol. The first-order chi connectivity index (χ1) is 11.8. The number of ether oxygens (including phenoxy) is 2. The van der Waals surface area contributed by atoms with Gasteiger partial charge in [0.25, 0.3) is 0 Å². The Bertz CT molecular complexity index is 739. The van der Waals surface area contributed by atoms with Gasteiger partial charge >= 0.3 is 11.9 Å². The van der Waals surface area contributed by atoms with Crippen LogP contribution in [-0.4, -0.2) is 29.9 Å². The van der Waals surface area contributed by atoms with E-state index in [1.807, 2.05) is 20.8 Å². The zero-order chi connectivity index (χ0) is 18.5. The maximum atomic E-state index is 12.4. The molecule has 1 saturated heterocycles. The van der Waals surface area contributed by atoms with Crippen LogP contribution in [0.2, 0.25) is 0 Å². The van der Waals surface area contributed by atoms with E-state index in [1.54, 1.807) is 26.0 Å². The molecule has 0 amide bonds. The van der Waals surface area contributed by atoms with E-state index in [4.69, 9.17) is 9.47 Å². The molecule has 134 valence electrons. The molecule has 0 aromatic rings. The molecule has 5 unspecified atom stereocenters. The first kappa shape index (κ1) is 17.6. The molecule has 3 rings (SSSR count). The number of fused-ring (bicyclic) bond motifs is 3. The van der Waals surface area contributed by atoms with E-state index in [0.717, 1.165) is 11.1 Å². The molecule has 1 fully saturated rings. The smallest absolute Gasteiger partial charge is 0.333 e. The van der Waals surface area contributed by atoms with Gasteiger partial charge in [0.1, 0.15) is 12.2 Å². The molecule has 0 radical (unpaired) electrons. The summed E-state index contributed by atoms with van der Waals surface area (Å²) < 4.78 is 11.4. The minimum absolute atomic E-state index is 0.0223. The number of carbonyl (C=O) groups is 3. The molecule has 1 aliphatic heterocycles. The average Bonchev–Trinajstić information content (AvgIpc) is 2.96. The Morgan fingerprint density at radius 1 is 1.32 bits per heavy atom. The van der Waals surface area contributed by atoms with Crippen LogP contribution in [0.1, 0.15) is 41.0 Å². The van der Waals surface area contributed by atoms with E-state index in [1.165, 1.54) is 0 Å². The van der Waals surface area contributed by atoms with Crippen LogP contribution >= 0.6 is 0 Å². The Labute approximate surface area is 147 Å². The van der Waals surface area contributed by atoms with Crippen LogP contribution in [0.4, 0.5) is 0 Å². The highest BCUT2D eigenvalue weighted by Gasteiger charge is 2.55. The van der Waals surface area contributed by atoms with E-state index in [2.05, 4.69) is 0 Å². The van der Waals surface area contributed by atoms with Gasteiger partial charge < -0.3 is 9.47 Å². The van der Waals surface area contributed by atoms with E-state index < -0.39 is 12.2 Å². The molecule has 5 heteroatoms. The molecule has 0 bridgehead atoms. The van der Waals surface area contributed by atoms with Gasteiger partial charge in [-0.1, -0.05) is 24.1 Å². The highest BCUT2D eigenvalue weighted by molar-refractivity contribution is 6.09. The topological polar surface area (TPSA) is 69.7 Å². The first-order valence-electron chi connectivity index (χ1n) is 8.72. The van der Waals surface area contributed by atoms with Gasteiger partial charge in [-0.25, -0.2) is 4.79 Å². The normalized spacial score (nSPS) is 35.0. The number of carbonyl (C=O) groups excluding carboxylic acids is 3. The summed E-state index contributed by atoms with van der Waals surface area (Å²) in [6.45, 7) is 9.09. The molecule has 5 nitrogen and oxygen atoms in total. The highest BCUT2D eigenvalue weighted by atomic mass is 16.6. The zero-order valence-corrected chi connectivity index (χ0v) is 15.3. The molecule has 0 saturated carbocycles. The van der Waals surface area contributed by atoms with Crippen molar-refractivity contribution in [3.05, 3.63) is 34.4 Å². The maximum Gasteiger partial charge on any atom is 0.333 e. The molecule has 1 heterocycles. The molecule has 25 heavy (non-hydrogen) atoms. The number of ketones is 1. The van der Waals surface area contributed by atoms with Crippen LogP contribution in [0.3, 0.4) is 0 Å². The summed E-state index contributed by atoms with van der Waals surface area (Å²) in [6, 6.07) is 0. The van der Waals surface area contributed by atoms with Gasteiger partial charge in [-0.3, -0.25) is 9.59 Å². The molecule has 3 aliphatic rings. The lowest BCUT2D eigenvalue weighted by molar-refractivity contribution is -0.148. The second-order valence-corrected chi connectivity index (χ2v) is 7.31. The number of hydrogen-bond donors (Lipinski definition) is 0. The summed E-state index contributed by atoms with van der Waals surface area (Å²) in [5.74, 6) is -1.55. The third-order valence-corrected chi connectivity index (χ3v) is 5.74. The fourth-order valence-corrected chi connectivity index (χ4v) is 4.26. The predicted octanol–water partition coefficient (Wildman–Crippen LogP) is 2.91. The summed E-state index contributed by atoms with van der Waals surface area (Å²) in [5.41, 5.74) is 3.05. The first-order valence-corrected chi connectivity index (χ1v) is 8.72. The van der Waals surface area contributed by atoms with Crippen LogP contribution in [0.5, 0.6) is 0 Å². The minimum Gasteiger partial charge on any atom is -0.461 e. The largest absolute Gasteiger partial charge is 0.461 e. The van der Waals surface area contributed by atoms with Crippen molar-refractivity contribution in [3.8, 4) is 0 Å². The second kappa shape index (κ2) is 6.28. The summed E-state index contributed by atoms with van der Waals surface area (Å²) in [7, 11) is 0. The van der Waals surface area contributed by atoms with Crippen LogP contribution < -0.4 is 0 Å². The lowest BCUT2D eigenvalue weighted by Gasteiger charge is -2.29. The molecule has 0 N–H and O–H groups in total. The van der Waals surface area contributed by atoms with E-state index >= 15 is 0 Å². The fourth-order valence-electron chi connectivity index (χ4n) is 4.26. The lowest BCUT2D eigenvalue weighted by atomic mass is 9.79. The van der Waals surface area contributed by atoms with Gasteiger partial charge in [0.2, 0.25) is 0 Å². The summed E-state index contributed by atoms with van der Waals surface area (Å²) >= 11 is 0. The van der Waals surface area contributed by atoms with Crippen molar-refractivity contribution in [1.82, 2.24) is 0 Å². The highest BCUT2D eigenvalue weighted by Crippen LogP contribution is 2.48. The third-order valence-electron chi connectivity index (χ3n) is 5.74. The molecule has 5 atom stereocenters. The molecule has 0 spiro atoms. The average molecular weight is 344 g/mol. The molecular formula is C20H24O5. The minimum atomic E-state index is -0.479. The van der Waals surface area contributed by atoms with Gasteiger partial charge in [-0.2, -0.15) is 0 Å². The maximum absolute atomic E-state index is 12.4. The van der Waals surface area contributed by atoms with Crippen molar-refractivity contribution < 1.29 is 23.9 Å². The Kier molecular flexibility index (Phi) is 4.43. The number of hydrogen-bond acceptors (Lipinski definition) is 5. The number of allylic oxidation sites excluding steroid dienone is 2. The summed E-state index contributed by atoms with van der Waals surface area (Å²) in [6.07, 6.45) is 2.85. The van der Waals surface area contributed by atoms with Crippen LogP contribution in [0.15, 0.2) is 34.4 Å². The van der Waals surface area contributed by atoms with Crippen LogP contribution in [0, 0.1) is 17.8 Å². The van der Waals surface area contributed by atoms with Gasteiger partial charge in [0, 0.05) is 29.4 Å². The van der Waals surface area contributed by atoms with Crippen molar-refractivity contribution in [2.24, 2.45) is 17.8 Å². The van der Waals surface area contributed by atoms with Gasteiger partial charge in [-0.05, 0) is 33.8 Å². The van der Waals surface area contributed by atoms with Gasteiger partial charge in [-0.15, -0.1) is 0 Å². The van der Waals surface area contributed by atoms with Crippen LogP contribution in [0.25, 0.3) is 0 Å². The quantitative estimate of drug-likeness (QED) is 0.569. The van der Waals surface area contributed by atoms with Crippen molar-refractivity contribution >= 4 is 17.7 Å². The molecule has 2 aliphatic carbocycles. The van der Waals surface area contributed by atoms with Crippen LogP contribution in [-0.2, 0) is 23.9 Å². The molecular weight excluding hydrogens is 320 g/mol. The summed E-state index contributed by atoms with van der Waals surface area (Å²) in [5, 5.41) is 0. The third kappa shape index (κ3) is 2.75. The Morgan fingerprint density at radius 2 is 2.00 bits per heavy atom. The van der Waals surface area contributed by atoms with Crippen molar-refractivity contribution in [3.63, 3.8) is 0 Å². The van der Waals surface area contributed by atoms with E-state index in [0.29, 0.717) is 17.6 Å².